The summed E-state index contributed by atoms with van der Waals surface area (Å²) < 4.78 is 5.33. The molecule has 2 heterocycles. The Bertz CT molecular complexity index is 444. The Balaban J connectivity index is 1.70. The second-order valence-corrected chi connectivity index (χ2v) is 5.42. The van der Waals surface area contributed by atoms with Crippen LogP contribution in [0.25, 0.3) is 0 Å². The van der Waals surface area contributed by atoms with Crippen LogP contribution in [-0.2, 0) is 4.74 Å². The quantitative estimate of drug-likeness (QED) is 0.710. The van der Waals surface area contributed by atoms with Gasteiger partial charge in [0.25, 0.3) is 5.91 Å². The van der Waals surface area contributed by atoms with E-state index in [1.165, 1.54) is 0 Å². The van der Waals surface area contributed by atoms with Gasteiger partial charge in [-0.25, -0.2) is 4.98 Å². The Labute approximate surface area is 132 Å². The predicted octanol–water partition coefficient (Wildman–Crippen LogP) is 1.36. The summed E-state index contributed by atoms with van der Waals surface area (Å²) >= 11 is 0. The van der Waals surface area contributed by atoms with Crippen molar-refractivity contribution in [2.45, 2.75) is 19.8 Å². The second-order valence-electron chi connectivity index (χ2n) is 5.42. The lowest BCUT2D eigenvalue weighted by Gasteiger charge is -2.26. The number of amides is 1. The van der Waals surface area contributed by atoms with E-state index >= 15 is 0 Å². The Morgan fingerprint density at radius 2 is 2.14 bits per heavy atom. The summed E-state index contributed by atoms with van der Waals surface area (Å²) in [6, 6.07) is 3.67. The lowest BCUT2D eigenvalue weighted by Crippen LogP contribution is -2.39. The molecule has 1 amide bonds. The zero-order valence-electron chi connectivity index (χ0n) is 13.3. The molecule has 1 aromatic heterocycles. The highest BCUT2D eigenvalue weighted by atomic mass is 16.5. The lowest BCUT2D eigenvalue weighted by atomic mass is 10.3. The van der Waals surface area contributed by atoms with Crippen LogP contribution in [0, 0.1) is 0 Å². The monoisotopic (exact) mass is 306 g/mol. The molecule has 0 atom stereocenters. The molecule has 0 saturated carbocycles. The number of pyridine rings is 1. The third kappa shape index (κ3) is 5.61. The molecule has 1 aromatic rings. The number of carbonyl (C=O) groups excluding carboxylic acids is 1. The summed E-state index contributed by atoms with van der Waals surface area (Å²) in [5.41, 5.74) is 1.41. The van der Waals surface area contributed by atoms with Crippen LogP contribution in [0.3, 0.4) is 0 Å². The van der Waals surface area contributed by atoms with Gasteiger partial charge in [-0.2, -0.15) is 0 Å². The summed E-state index contributed by atoms with van der Waals surface area (Å²) in [5, 5.41) is 6.20. The molecule has 0 bridgehead atoms. The normalized spacial score (nSPS) is 15.5. The zero-order valence-corrected chi connectivity index (χ0v) is 13.3. The van der Waals surface area contributed by atoms with Gasteiger partial charge in [-0.05, 0) is 18.6 Å². The van der Waals surface area contributed by atoms with Crippen LogP contribution in [0.15, 0.2) is 18.3 Å². The molecular formula is C16H26N4O2. The molecule has 6 heteroatoms. The van der Waals surface area contributed by atoms with Crippen molar-refractivity contribution in [2.75, 3.05) is 51.3 Å². The maximum atomic E-state index is 11.8. The van der Waals surface area contributed by atoms with Gasteiger partial charge in [0.15, 0.2) is 0 Å². The summed E-state index contributed by atoms with van der Waals surface area (Å²) in [7, 11) is 0. The molecule has 0 unspecified atom stereocenters. The molecule has 1 fully saturated rings. The van der Waals surface area contributed by atoms with Crippen LogP contribution in [0.2, 0.25) is 0 Å². The van der Waals surface area contributed by atoms with E-state index in [4.69, 9.17) is 4.74 Å². The van der Waals surface area contributed by atoms with Gasteiger partial charge in [0.1, 0.15) is 5.69 Å². The number of unbranched alkanes of at least 4 members (excludes halogenated alkanes) is 1. The zero-order chi connectivity index (χ0) is 15.6. The Morgan fingerprint density at radius 3 is 2.82 bits per heavy atom. The second kappa shape index (κ2) is 9.38. The van der Waals surface area contributed by atoms with Crippen molar-refractivity contribution < 1.29 is 9.53 Å². The van der Waals surface area contributed by atoms with Crippen LogP contribution in [0.5, 0.6) is 0 Å². The fourth-order valence-corrected chi connectivity index (χ4v) is 2.29. The number of nitrogens with one attached hydrogen (secondary N) is 2. The first-order chi connectivity index (χ1) is 10.8. The number of anilines is 1. The molecule has 2 N–H and O–H groups in total. The molecule has 0 aromatic carbocycles. The molecule has 1 saturated heterocycles. The minimum atomic E-state index is -0.103. The number of rotatable bonds is 8. The van der Waals surface area contributed by atoms with Gasteiger partial charge in [0, 0.05) is 32.7 Å². The number of aromatic nitrogens is 1. The summed E-state index contributed by atoms with van der Waals surface area (Å²) in [6.07, 6.45) is 3.78. The first kappa shape index (κ1) is 16.7. The van der Waals surface area contributed by atoms with Crippen molar-refractivity contribution in [3.63, 3.8) is 0 Å². The molecule has 0 aliphatic carbocycles. The highest BCUT2D eigenvalue weighted by Gasteiger charge is 2.09. The van der Waals surface area contributed by atoms with Crippen molar-refractivity contribution in [3.05, 3.63) is 24.0 Å². The summed E-state index contributed by atoms with van der Waals surface area (Å²) in [5.74, 6) is -0.103. The molecule has 122 valence electrons. The third-order valence-electron chi connectivity index (χ3n) is 3.67. The fraction of sp³-hybridized carbons (Fsp3) is 0.625. The van der Waals surface area contributed by atoms with Crippen LogP contribution in [-0.4, -0.2) is 61.7 Å². The number of nitrogens with zero attached hydrogens (tertiary/aromatic N) is 2. The molecule has 0 spiro atoms. The Kier molecular flexibility index (Phi) is 7.12. The molecule has 0 radical (unpaired) electrons. The van der Waals surface area contributed by atoms with Gasteiger partial charge in [-0.15, -0.1) is 0 Å². The van der Waals surface area contributed by atoms with Crippen LogP contribution < -0.4 is 10.6 Å². The van der Waals surface area contributed by atoms with Crippen molar-refractivity contribution in [3.8, 4) is 0 Å². The van der Waals surface area contributed by atoms with E-state index in [0.29, 0.717) is 12.2 Å². The van der Waals surface area contributed by atoms with E-state index in [2.05, 4.69) is 27.4 Å². The maximum absolute atomic E-state index is 11.8. The minimum absolute atomic E-state index is 0.103. The van der Waals surface area contributed by atoms with Gasteiger partial charge in [0.05, 0.1) is 25.1 Å². The van der Waals surface area contributed by atoms with Gasteiger partial charge in [-0.3, -0.25) is 9.69 Å². The van der Waals surface area contributed by atoms with Crippen molar-refractivity contribution in [1.82, 2.24) is 15.2 Å². The molecule has 6 nitrogen and oxygen atoms in total. The van der Waals surface area contributed by atoms with Gasteiger partial charge in [0.2, 0.25) is 0 Å². The smallest absolute Gasteiger partial charge is 0.269 e. The largest absolute Gasteiger partial charge is 0.383 e. The van der Waals surface area contributed by atoms with E-state index < -0.39 is 0 Å². The first-order valence-electron chi connectivity index (χ1n) is 8.08. The van der Waals surface area contributed by atoms with Crippen LogP contribution in [0.4, 0.5) is 5.69 Å². The summed E-state index contributed by atoms with van der Waals surface area (Å²) in [4.78, 5) is 18.4. The average molecular weight is 306 g/mol. The minimum Gasteiger partial charge on any atom is -0.383 e. The predicted molar refractivity (Wildman–Crippen MR) is 87.2 cm³/mol. The van der Waals surface area contributed by atoms with Crippen molar-refractivity contribution in [2.24, 2.45) is 0 Å². The number of ether oxygens (including phenoxy) is 1. The maximum Gasteiger partial charge on any atom is 0.269 e. The molecular weight excluding hydrogens is 280 g/mol. The van der Waals surface area contributed by atoms with Crippen molar-refractivity contribution in [1.29, 1.82) is 0 Å². The Morgan fingerprint density at radius 1 is 1.32 bits per heavy atom. The fourth-order valence-electron chi connectivity index (χ4n) is 2.29. The topological polar surface area (TPSA) is 66.5 Å². The highest BCUT2D eigenvalue weighted by Crippen LogP contribution is 2.06. The first-order valence-corrected chi connectivity index (χ1v) is 8.08. The van der Waals surface area contributed by atoms with E-state index in [1.54, 1.807) is 12.3 Å². The number of hydrogen-bond donors (Lipinski definition) is 2. The van der Waals surface area contributed by atoms with E-state index in [1.807, 2.05) is 6.07 Å². The third-order valence-corrected chi connectivity index (χ3v) is 3.67. The average Bonchev–Trinajstić information content (AvgIpc) is 2.56. The van der Waals surface area contributed by atoms with Crippen molar-refractivity contribution >= 4 is 11.6 Å². The lowest BCUT2D eigenvalue weighted by molar-refractivity contribution is 0.0398. The van der Waals surface area contributed by atoms with E-state index in [0.717, 1.165) is 57.9 Å². The summed E-state index contributed by atoms with van der Waals surface area (Å²) in [6.45, 7) is 8.30. The van der Waals surface area contributed by atoms with E-state index in [-0.39, 0.29) is 5.91 Å². The van der Waals surface area contributed by atoms with Gasteiger partial charge >= 0.3 is 0 Å². The number of morpholine rings is 1. The number of hydrogen-bond acceptors (Lipinski definition) is 5. The number of carbonyl (C=O) groups is 1. The van der Waals surface area contributed by atoms with Gasteiger partial charge in [-0.1, -0.05) is 13.3 Å². The standard InChI is InChI=1S/C16H26N4O2/c1-2-3-6-18-16(21)15-5-4-14(13-19-15)17-7-8-20-9-11-22-12-10-20/h4-5,13,17H,2-3,6-12H2,1H3,(H,18,21). The molecule has 22 heavy (non-hydrogen) atoms. The molecule has 1 aliphatic heterocycles. The molecule has 1 aliphatic rings. The van der Waals surface area contributed by atoms with Crippen LogP contribution >= 0.6 is 0 Å². The highest BCUT2D eigenvalue weighted by molar-refractivity contribution is 5.92. The van der Waals surface area contributed by atoms with E-state index in [9.17, 15) is 4.79 Å². The Hall–Kier alpha value is -1.66. The van der Waals surface area contributed by atoms with Gasteiger partial charge < -0.3 is 15.4 Å². The molecule has 2 rings (SSSR count). The van der Waals surface area contributed by atoms with Crippen LogP contribution in [0.1, 0.15) is 30.3 Å². The SMILES string of the molecule is CCCCNC(=O)c1ccc(NCCN2CCOCC2)cn1.